The Morgan fingerprint density at radius 1 is 1.07 bits per heavy atom. The lowest BCUT2D eigenvalue weighted by atomic mass is 10.2. The van der Waals surface area contributed by atoms with E-state index in [4.69, 9.17) is 16.3 Å². The molecule has 8 heteroatoms. The minimum Gasteiger partial charge on any atom is -0.495 e. The molecule has 0 aliphatic heterocycles. The van der Waals surface area contributed by atoms with Crippen molar-refractivity contribution >= 4 is 45.3 Å². The summed E-state index contributed by atoms with van der Waals surface area (Å²) < 4.78 is 5.17. The number of hydrogen-bond donors (Lipinski definition) is 1. The van der Waals surface area contributed by atoms with Crippen molar-refractivity contribution in [3.05, 3.63) is 70.0 Å². The lowest BCUT2D eigenvalue weighted by Gasteiger charge is -2.04. The summed E-state index contributed by atoms with van der Waals surface area (Å²) in [5, 5.41) is 8.59. The van der Waals surface area contributed by atoms with Gasteiger partial charge in [0.15, 0.2) is 5.13 Å². The van der Waals surface area contributed by atoms with Crippen LogP contribution in [-0.4, -0.2) is 23.0 Å². The topological polar surface area (TPSA) is 64.1 Å². The van der Waals surface area contributed by atoms with Gasteiger partial charge in [-0.05, 0) is 18.2 Å². The molecule has 2 heterocycles. The Bertz CT molecular complexity index is 1140. The number of ether oxygens (including phenoxy) is 1. The van der Waals surface area contributed by atoms with Crippen LogP contribution in [0.3, 0.4) is 0 Å². The van der Waals surface area contributed by atoms with Crippen molar-refractivity contribution < 1.29 is 9.53 Å². The minimum absolute atomic E-state index is 0.149. The largest absolute Gasteiger partial charge is 0.495 e. The van der Waals surface area contributed by atoms with Crippen LogP contribution < -0.4 is 10.1 Å². The monoisotopic (exact) mass is 441 g/mol. The van der Waals surface area contributed by atoms with Crippen LogP contribution in [0.25, 0.3) is 21.8 Å². The number of rotatable bonds is 6. The Kier molecular flexibility index (Phi) is 5.89. The molecule has 146 valence electrons. The number of nitrogens with one attached hydrogen (secondary N) is 1. The second kappa shape index (κ2) is 8.73. The molecular weight excluding hydrogens is 426 g/mol. The second-order valence-corrected chi connectivity index (χ2v) is 8.25. The van der Waals surface area contributed by atoms with Gasteiger partial charge in [0.2, 0.25) is 5.91 Å². The highest BCUT2D eigenvalue weighted by Gasteiger charge is 2.12. The van der Waals surface area contributed by atoms with Crippen LogP contribution in [0.2, 0.25) is 5.02 Å². The van der Waals surface area contributed by atoms with Crippen molar-refractivity contribution in [3.63, 3.8) is 0 Å². The van der Waals surface area contributed by atoms with Crippen molar-refractivity contribution in [2.45, 2.75) is 6.42 Å². The van der Waals surface area contributed by atoms with Gasteiger partial charge in [-0.25, -0.2) is 9.97 Å². The van der Waals surface area contributed by atoms with Gasteiger partial charge in [0.05, 0.1) is 29.9 Å². The molecule has 0 fully saturated rings. The van der Waals surface area contributed by atoms with Crippen LogP contribution >= 0.6 is 34.3 Å². The fourth-order valence-electron chi connectivity index (χ4n) is 2.72. The first kappa shape index (κ1) is 19.6. The molecule has 0 aliphatic carbocycles. The molecule has 1 N–H and O–H groups in total. The standard InChI is InChI=1S/C21H16ClN3O2S2/c1-27-18-8-7-14(9-16(18)22)17-12-29-21(24-17)25-19(26)10-15-11-28-20(23-15)13-5-3-2-4-6-13/h2-9,11-12H,10H2,1H3,(H,24,25,26). The van der Waals surface area contributed by atoms with E-state index in [1.165, 1.54) is 22.7 Å². The fourth-order valence-corrected chi connectivity index (χ4v) is 4.54. The van der Waals surface area contributed by atoms with Crippen molar-refractivity contribution in [3.8, 4) is 27.6 Å². The zero-order chi connectivity index (χ0) is 20.2. The number of anilines is 1. The first-order valence-electron chi connectivity index (χ1n) is 8.71. The first-order valence-corrected chi connectivity index (χ1v) is 10.9. The average molecular weight is 442 g/mol. The normalized spacial score (nSPS) is 10.7. The van der Waals surface area contributed by atoms with Crippen LogP contribution in [0.4, 0.5) is 5.13 Å². The van der Waals surface area contributed by atoms with Crippen LogP contribution in [0.15, 0.2) is 59.3 Å². The average Bonchev–Trinajstić information content (AvgIpc) is 3.38. The maximum absolute atomic E-state index is 12.4. The summed E-state index contributed by atoms with van der Waals surface area (Å²) in [6, 6.07) is 15.4. The lowest BCUT2D eigenvalue weighted by Crippen LogP contribution is -2.14. The molecule has 0 saturated heterocycles. The molecule has 0 atom stereocenters. The molecule has 0 aliphatic rings. The fraction of sp³-hybridized carbons (Fsp3) is 0.0952. The van der Waals surface area contributed by atoms with Gasteiger partial charge in [0, 0.05) is 21.9 Å². The van der Waals surface area contributed by atoms with E-state index in [-0.39, 0.29) is 12.3 Å². The van der Waals surface area contributed by atoms with E-state index in [1.807, 2.05) is 47.2 Å². The number of halogens is 1. The summed E-state index contributed by atoms with van der Waals surface area (Å²) in [6.07, 6.45) is 0.201. The van der Waals surface area contributed by atoms with Gasteiger partial charge in [-0.3, -0.25) is 4.79 Å². The van der Waals surface area contributed by atoms with Crippen LogP contribution in [0.1, 0.15) is 5.69 Å². The van der Waals surface area contributed by atoms with E-state index in [0.29, 0.717) is 15.9 Å². The van der Waals surface area contributed by atoms with E-state index in [2.05, 4.69) is 15.3 Å². The molecule has 0 bridgehead atoms. The number of benzene rings is 2. The molecule has 29 heavy (non-hydrogen) atoms. The smallest absolute Gasteiger partial charge is 0.232 e. The van der Waals surface area contributed by atoms with Gasteiger partial charge in [0.1, 0.15) is 10.8 Å². The van der Waals surface area contributed by atoms with Gasteiger partial charge in [-0.2, -0.15) is 0 Å². The first-order chi connectivity index (χ1) is 14.1. The molecule has 0 radical (unpaired) electrons. The van der Waals surface area contributed by atoms with Gasteiger partial charge in [0.25, 0.3) is 0 Å². The van der Waals surface area contributed by atoms with Crippen LogP contribution in [0.5, 0.6) is 5.75 Å². The zero-order valence-corrected chi connectivity index (χ0v) is 17.8. The van der Waals surface area contributed by atoms with E-state index in [1.54, 1.807) is 19.2 Å². The minimum atomic E-state index is -0.149. The summed E-state index contributed by atoms with van der Waals surface area (Å²) in [5.74, 6) is 0.459. The van der Waals surface area contributed by atoms with Gasteiger partial charge in [-0.15, -0.1) is 22.7 Å². The quantitative estimate of drug-likeness (QED) is 0.412. The summed E-state index contributed by atoms with van der Waals surface area (Å²) in [4.78, 5) is 21.4. The van der Waals surface area contributed by atoms with Gasteiger partial charge in [-0.1, -0.05) is 41.9 Å². The van der Waals surface area contributed by atoms with Crippen LogP contribution in [0, 0.1) is 0 Å². The number of aromatic nitrogens is 2. The van der Waals surface area contributed by atoms with E-state index < -0.39 is 0 Å². The molecule has 1 amide bonds. The van der Waals surface area contributed by atoms with Crippen molar-refractivity contribution in [2.24, 2.45) is 0 Å². The maximum atomic E-state index is 12.4. The third kappa shape index (κ3) is 4.64. The third-order valence-electron chi connectivity index (χ3n) is 4.11. The maximum Gasteiger partial charge on any atom is 0.232 e. The summed E-state index contributed by atoms with van der Waals surface area (Å²) >= 11 is 9.08. The molecule has 0 spiro atoms. The Labute approximate surface area is 181 Å². The Hall–Kier alpha value is -2.74. The molecule has 4 aromatic rings. The summed E-state index contributed by atoms with van der Waals surface area (Å²) in [7, 11) is 1.57. The van der Waals surface area contributed by atoms with E-state index in [0.717, 1.165) is 27.5 Å². The zero-order valence-electron chi connectivity index (χ0n) is 15.4. The predicted molar refractivity (Wildman–Crippen MR) is 119 cm³/mol. The molecule has 2 aromatic carbocycles. The number of carbonyl (C=O) groups is 1. The molecular formula is C21H16ClN3O2S2. The highest BCUT2D eigenvalue weighted by Crippen LogP contribution is 2.32. The molecule has 0 unspecified atom stereocenters. The highest BCUT2D eigenvalue weighted by atomic mass is 35.5. The Balaban J connectivity index is 1.41. The number of amides is 1. The second-order valence-electron chi connectivity index (χ2n) is 6.12. The highest BCUT2D eigenvalue weighted by molar-refractivity contribution is 7.14. The predicted octanol–water partition coefficient (Wildman–Crippen LogP) is 5.78. The van der Waals surface area contributed by atoms with E-state index >= 15 is 0 Å². The molecule has 0 saturated carbocycles. The summed E-state index contributed by atoms with van der Waals surface area (Å²) in [6.45, 7) is 0. The van der Waals surface area contributed by atoms with Crippen LogP contribution in [-0.2, 0) is 11.2 Å². The number of nitrogens with zero attached hydrogens (tertiary/aromatic N) is 2. The number of hydrogen-bond acceptors (Lipinski definition) is 6. The van der Waals surface area contributed by atoms with E-state index in [9.17, 15) is 4.79 Å². The Morgan fingerprint density at radius 2 is 1.90 bits per heavy atom. The Morgan fingerprint density at radius 3 is 2.66 bits per heavy atom. The third-order valence-corrected chi connectivity index (χ3v) is 6.11. The van der Waals surface area contributed by atoms with Gasteiger partial charge >= 0.3 is 0 Å². The van der Waals surface area contributed by atoms with Gasteiger partial charge < -0.3 is 10.1 Å². The number of methoxy groups -OCH3 is 1. The number of carbonyl (C=O) groups excluding carboxylic acids is 1. The SMILES string of the molecule is COc1ccc(-c2csc(NC(=O)Cc3csc(-c4ccccc4)n3)n2)cc1Cl. The molecule has 2 aromatic heterocycles. The number of thiazole rings is 2. The summed E-state index contributed by atoms with van der Waals surface area (Å²) in [5.41, 5.74) is 3.39. The lowest BCUT2D eigenvalue weighted by molar-refractivity contribution is -0.115. The molecule has 4 rings (SSSR count). The van der Waals surface area contributed by atoms with Crippen molar-refractivity contribution in [1.29, 1.82) is 0 Å². The van der Waals surface area contributed by atoms with Crippen molar-refractivity contribution in [2.75, 3.05) is 12.4 Å². The molecule has 5 nitrogen and oxygen atoms in total. The van der Waals surface area contributed by atoms with Crippen molar-refractivity contribution in [1.82, 2.24) is 9.97 Å².